The number of esters is 1. The number of halogens is 2. The Hall–Kier alpha value is -2.44. The van der Waals surface area contributed by atoms with Gasteiger partial charge >= 0.3 is 5.97 Å². The van der Waals surface area contributed by atoms with Crippen molar-refractivity contribution in [3.8, 4) is 11.5 Å². The molecule has 0 aliphatic rings. The molecular formula is C18H17Cl2NO5. The second kappa shape index (κ2) is 9.31. The molecule has 1 N–H and O–H groups in total. The molecule has 0 unspecified atom stereocenters. The first-order valence-corrected chi connectivity index (χ1v) is 8.30. The number of nitrogens with one attached hydrogen (secondary N) is 1. The lowest BCUT2D eigenvalue weighted by Crippen LogP contribution is -2.30. The van der Waals surface area contributed by atoms with Crippen LogP contribution in [0.2, 0.25) is 10.0 Å². The van der Waals surface area contributed by atoms with Gasteiger partial charge in [-0.25, -0.2) is 0 Å². The van der Waals surface area contributed by atoms with Crippen molar-refractivity contribution in [1.82, 2.24) is 5.32 Å². The van der Waals surface area contributed by atoms with Crippen molar-refractivity contribution in [1.29, 1.82) is 0 Å². The van der Waals surface area contributed by atoms with Crippen molar-refractivity contribution in [3.05, 3.63) is 57.6 Å². The Labute approximate surface area is 160 Å². The van der Waals surface area contributed by atoms with Crippen LogP contribution in [0.25, 0.3) is 0 Å². The van der Waals surface area contributed by atoms with Crippen LogP contribution in [0.15, 0.2) is 36.4 Å². The monoisotopic (exact) mass is 397 g/mol. The predicted molar refractivity (Wildman–Crippen MR) is 98.1 cm³/mol. The molecule has 0 aromatic heterocycles. The fourth-order valence-corrected chi connectivity index (χ4v) is 2.51. The number of hydrogen-bond acceptors (Lipinski definition) is 5. The van der Waals surface area contributed by atoms with E-state index in [2.05, 4.69) is 10.1 Å². The van der Waals surface area contributed by atoms with Crippen molar-refractivity contribution >= 4 is 35.1 Å². The molecule has 0 bridgehead atoms. The van der Waals surface area contributed by atoms with Crippen molar-refractivity contribution in [3.63, 3.8) is 0 Å². The summed E-state index contributed by atoms with van der Waals surface area (Å²) in [5.41, 5.74) is 1.08. The van der Waals surface area contributed by atoms with Crippen LogP contribution in [0, 0.1) is 0 Å². The first-order chi connectivity index (χ1) is 12.4. The van der Waals surface area contributed by atoms with E-state index in [0.717, 1.165) is 5.56 Å². The Bertz CT molecular complexity index is 810. The Balaban J connectivity index is 2.08. The quantitative estimate of drug-likeness (QED) is 0.723. The first-order valence-electron chi connectivity index (χ1n) is 7.54. The molecule has 0 saturated heterocycles. The van der Waals surface area contributed by atoms with Crippen LogP contribution in [-0.4, -0.2) is 32.6 Å². The molecule has 0 heterocycles. The zero-order valence-electron chi connectivity index (χ0n) is 14.2. The largest absolute Gasteiger partial charge is 0.493 e. The summed E-state index contributed by atoms with van der Waals surface area (Å²) in [7, 11) is 2.71. The van der Waals surface area contributed by atoms with Gasteiger partial charge in [0.1, 0.15) is 13.2 Å². The summed E-state index contributed by atoms with van der Waals surface area (Å²) >= 11 is 12.0. The number of ether oxygens (including phenoxy) is 3. The summed E-state index contributed by atoms with van der Waals surface area (Å²) in [4.78, 5) is 23.1. The second-order valence-corrected chi connectivity index (χ2v) is 5.99. The van der Waals surface area contributed by atoms with E-state index in [1.807, 2.05) is 0 Å². The first kappa shape index (κ1) is 19.9. The maximum absolute atomic E-state index is 12.1. The maximum Gasteiger partial charge on any atom is 0.325 e. The minimum Gasteiger partial charge on any atom is -0.493 e. The zero-order chi connectivity index (χ0) is 19.1. The van der Waals surface area contributed by atoms with Gasteiger partial charge in [0.15, 0.2) is 11.5 Å². The molecule has 0 spiro atoms. The van der Waals surface area contributed by atoms with E-state index in [0.29, 0.717) is 27.1 Å². The molecule has 1 amide bonds. The van der Waals surface area contributed by atoms with E-state index in [9.17, 15) is 9.59 Å². The van der Waals surface area contributed by atoms with E-state index < -0.39 is 11.9 Å². The second-order valence-electron chi connectivity index (χ2n) is 5.15. The molecular weight excluding hydrogens is 381 g/mol. The molecule has 0 aliphatic heterocycles. The van der Waals surface area contributed by atoms with Crippen LogP contribution in [0.4, 0.5) is 0 Å². The van der Waals surface area contributed by atoms with E-state index in [4.69, 9.17) is 32.7 Å². The average Bonchev–Trinajstić information content (AvgIpc) is 2.64. The van der Waals surface area contributed by atoms with Crippen molar-refractivity contribution in [2.75, 3.05) is 20.8 Å². The highest BCUT2D eigenvalue weighted by Gasteiger charge is 2.13. The minimum atomic E-state index is -0.537. The van der Waals surface area contributed by atoms with Gasteiger partial charge < -0.3 is 19.5 Å². The van der Waals surface area contributed by atoms with Crippen molar-refractivity contribution < 1.29 is 23.8 Å². The lowest BCUT2D eigenvalue weighted by molar-refractivity contribution is -0.139. The molecule has 0 aliphatic carbocycles. The van der Waals surface area contributed by atoms with Crippen molar-refractivity contribution in [2.45, 2.75) is 6.61 Å². The van der Waals surface area contributed by atoms with E-state index >= 15 is 0 Å². The summed E-state index contributed by atoms with van der Waals surface area (Å²) in [6.45, 7) is -0.00872. The van der Waals surface area contributed by atoms with Crippen LogP contribution >= 0.6 is 23.2 Å². The average molecular weight is 398 g/mol. The smallest absolute Gasteiger partial charge is 0.325 e. The van der Waals surface area contributed by atoms with E-state index in [1.165, 1.54) is 20.3 Å². The summed E-state index contributed by atoms with van der Waals surface area (Å²) in [5, 5.41) is 3.49. The van der Waals surface area contributed by atoms with Crippen LogP contribution in [0.3, 0.4) is 0 Å². The van der Waals surface area contributed by atoms with Crippen molar-refractivity contribution in [2.24, 2.45) is 0 Å². The van der Waals surface area contributed by atoms with Gasteiger partial charge in [-0.15, -0.1) is 0 Å². The lowest BCUT2D eigenvalue weighted by atomic mass is 10.2. The summed E-state index contributed by atoms with van der Waals surface area (Å²) < 4.78 is 15.5. The lowest BCUT2D eigenvalue weighted by Gasteiger charge is -2.13. The predicted octanol–water partition coefficient (Wildman–Crippen LogP) is 3.48. The van der Waals surface area contributed by atoms with Gasteiger partial charge in [0.25, 0.3) is 5.91 Å². The van der Waals surface area contributed by atoms with Crippen LogP contribution < -0.4 is 14.8 Å². The molecule has 6 nitrogen and oxygen atoms in total. The summed E-state index contributed by atoms with van der Waals surface area (Å²) in [6.07, 6.45) is 0. The highest BCUT2D eigenvalue weighted by atomic mass is 35.5. The summed E-state index contributed by atoms with van der Waals surface area (Å²) in [5.74, 6) is -0.144. The third-order valence-corrected chi connectivity index (χ3v) is 4.03. The minimum absolute atomic E-state index is 0.209. The highest BCUT2D eigenvalue weighted by molar-refractivity contribution is 6.35. The molecule has 2 aromatic rings. The van der Waals surface area contributed by atoms with Crippen LogP contribution in [0.5, 0.6) is 11.5 Å². The van der Waals surface area contributed by atoms with Gasteiger partial charge in [0.2, 0.25) is 0 Å². The molecule has 2 aromatic carbocycles. The Morgan fingerprint density at radius 3 is 2.46 bits per heavy atom. The standard InChI is InChI=1S/C18H17Cl2NO5/c1-24-16-7-11(18(23)21-9-17(22)25-2)4-6-15(16)26-10-12-3-5-13(19)8-14(12)20/h3-8H,9-10H2,1-2H3,(H,21,23). The number of methoxy groups -OCH3 is 2. The SMILES string of the molecule is COC(=O)CNC(=O)c1ccc(OCc2ccc(Cl)cc2Cl)c(OC)c1. The fraction of sp³-hybridized carbons (Fsp3) is 0.222. The topological polar surface area (TPSA) is 73.9 Å². The Morgan fingerprint density at radius 2 is 1.81 bits per heavy atom. The molecule has 26 heavy (non-hydrogen) atoms. The van der Waals surface area contributed by atoms with E-state index in [-0.39, 0.29) is 13.2 Å². The Kier molecular flexibility index (Phi) is 7.12. The Morgan fingerprint density at radius 1 is 1.04 bits per heavy atom. The van der Waals surface area contributed by atoms with Gasteiger partial charge in [-0.2, -0.15) is 0 Å². The van der Waals surface area contributed by atoms with Gasteiger partial charge in [0.05, 0.1) is 14.2 Å². The molecule has 2 rings (SSSR count). The highest BCUT2D eigenvalue weighted by Crippen LogP contribution is 2.30. The molecule has 138 valence electrons. The molecule has 8 heteroatoms. The number of carbonyl (C=O) groups is 2. The van der Waals surface area contributed by atoms with Gasteiger partial charge in [0, 0.05) is 21.2 Å². The third-order valence-electron chi connectivity index (χ3n) is 3.45. The number of rotatable bonds is 7. The number of benzene rings is 2. The zero-order valence-corrected chi connectivity index (χ0v) is 15.7. The van der Waals surface area contributed by atoms with Gasteiger partial charge in [-0.05, 0) is 30.3 Å². The summed E-state index contributed by atoms with van der Waals surface area (Å²) in [6, 6.07) is 9.81. The molecule has 0 saturated carbocycles. The van der Waals surface area contributed by atoms with Gasteiger partial charge in [-0.3, -0.25) is 9.59 Å². The number of carbonyl (C=O) groups excluding carboxylic acids is 2. The van der Waals surface area contributed by atoms with E-state index in [1.54, 1.807) is 30.3 Å². The maximum atomic E-state index is 12.1. The number of hydrogen-bond donors (Lipinski definition) is 1. The molecule has 0 radical (unpaired) electrons. The normalized spacial score (nSPS) is 10.2. The molecule has 0 atom stereocenters. The van der Waals surface area contributed by atoms with Crippen LogP contribution in [0.1, 0.15) is 15.9 Å². The fourth-order valence-electron chi connectivity index (χ4n) is 2.05. The number of amides is 1. The van der Waals surface area contributed by atoms with Crippen LogP contribution in [-0.2, 0) is 16.1 Å². The molecule has 0 fully saturated rings. The third kappa shape index (κ3) is 5.28. The van der Waals surface area contributed by atoms with Gasteiger partial charge in [-0.1, -0.05) is 29.3 Å².